The standard InChI is InChI=1S/C12H22N2O2/c1-9-5-11(13-10-3-4-10)7-14(6-9)8-12(15)16-2/h9-11,13H,3-8H2,1-2H3. The number of carbonyl (C=O) groups excluding carboxylic acids is 1. The lowest BCUT2D eigenvalue weighted by Crippen LogP contribution is -2.50. The lowest BCUT2D eigenvalue weighted by atomic mass is 9.96. The quantitative estimate of drug-likeness (QED) is 0.714. The Morgan fingerprint density at radius 2 is 2.12 bits per heavy atom. The number of rotatable bonds is 4. The number of nitrogens with one attached hydrogen (secondary N) is 1. The molecule has 0 bridgehead atoms. The molecule has 4 heteroatoms. The largest absolute Gasteiger partial charge is 0.468 e. The molecule has 0 spiro atoms. The summed E-state index contributed by atoms with van der Waals surface area (Å²) in [5, 5.41) is 3.65. The SMILES string of the molecule is COC(=O)CN1CC(C)CC(NC2CC2)C1. The van der Waals surface area contributed by atoms with Crippen LogP contribution in [0.15, 0.2) is 0 Å². The molecule has 1 heterocycles. The van der Waals surface area contributed by atoms with Gasteiger partial charge < -0.3 is 10.1 Å². The van der Waals surface area contributed by atoms with E-state index in [9.17, 15) is 4.79 Å². The van der Waals surface area contributed by atoms with E-state index >= 15 is 0 Å². The van der Waals surface area contributed by atoms with E-state index < -0.39 is 0 Å². The van der Waals surface area contributed by atoms with Crippen molar-refractivity contribution in [3.05, 3.63) is 0 Å². The first-order chi connectivity index (χ1) is 7.67. The molecule has 0 aromatic rings. The van der Waals surface area contributed by atoms with Gasteiger partial charge in [-0.2, -0.15) is 0 Å². The molecule has 2 unspecified atom stereocenters. The van der Waals surface area contributed by atoms with Crippen molar-refractivity contribution in [3.63, 3.8) is 0 Å². The number of piperidine rings is 1. The summed E-state index contributed by atoms with van der Waals surface area (Å²) in [4.78, 5) is 13.5. The lowest BCUT2D eigenvalue weighted by molar-refractivity contribution is -0.142. The number of hydrogen-bond donors (Lipinski definition) is 1. The van der Waals surface area contributed by atoms with Crippen molar-refractivity contribution in [2.45, 2.75) is 38.3 Å². The van der Waals surface area contributed by atoms with Crippen LogP contribution in [0.2, 0.25) is 0 Å². The molecule has 2 fully saturated rings. The minimum atomic E-state index is -0.126. The Labute approximate surface area is 97.3 Å². The van der Waals surface area contributed by atoms with Crippen LogP contribution in [0.4, 0.5) is 0 Å². The van der Waals surface area contributed by atoms with Gasteiger partial charge in [0.05, 0.1) is 13.7 Å². The average molecular weight is 226 g/mol. The maximum absolute atomic E-state index is 11.2. The highest BCUT2D eigenvalue weighted by Gasteiger charge is 2.30. The fourth-order valence-electron chi connectivity index (χ4n) is 2.54. The zero-order valence-electron chi connectivity index (χ0n) is 10.2. The van der Waals surface area contributed by atoms with Crippen LogP contribution in [0.1, 0.15) is 26.2 Å². The number of nitrogens with zero attached hydrogens (tertiary/aromatic N) is 1. The summed E-state index contributed by atoms with van der Waals surface area (Å²) in [5.74, 6) is 0.536. The van der Waals surface area contributed by atoms with Crippen molar-refractivity contribution in [1.82, 2.24) is 10.2 Å². The second-order valence-corrected chi connectivity index (χ2v) is 5.25. The van der Waals surface area contributed by atoms with Crippen molar-refractivity contribution >= 4 is 5.97 Å². The first-order valence-corrected chi connectivity index (χ1v) is 6.22. The molecule has 1 aliphatic heterocycles. The maximum atomic E-state index is 11.2. The molecule has 0 aromatic heterocycles. The van der Waals surface area contributed by atoms with Crippen LogP contribution in [0.5, 0.6) is 0 Å². The van der Waals surface area contributed by atoms with Crippen LogP contribution in [0.3, 0.4) is 0 Å². The van der Waals surface area contributed by atoms with Crippen molar-refractivity contribution in [1.29, 1.82) is 0 Å². The second kappa shape index (κ2) is 5.15. The van der Waals surface area contributed by atoms with E-state index in [2.05, 4.69) is 17.1 Å². The van der Waals surface area contributed by atoms with Gasteiger partial charge in [-0.15, -0.1) is 0 Å². The van der Waals surface area contributed by atoms with E-state index in [1.807, 2.05) is 0 Å². The fraction of sp³-hybridized carbons (Fsp3) is 0.917. The summed E-state index contributed by atoms with van der Waals surface area (Å²) in [6.07, 6.45) is 3.87. The zero-order chi connectivity index (χ0) is 11.5. The van der Waals surface area contributed by atoms with Gasteiger partial charge in [-0.1, -0.05) is 6.92 Å². The summed E-state index contributed by atoms with van der Waals surface area (Å²) < 4.78 is 4.72. The third-order valence-corrected chi connectivity index (χ3v) is 3.36. The predicted octanol–water partition coefficient (Wildman–Crippen LogP) is 0.622. The summed E-state index contributed by atoms with van der Waals surface area (Å²) in [6, 6.07) is 1.30. The monoisotopic (exact) mass is 226 g/mol. The van der Waals surface area contributed by atoms with E-state index in [1.54, 1.807) is 0 Å². The fourth-order valence-corrected chi connectivity index (χ4v) is 2.54. The Bertz CT molecular complexity index is 251. The molecule has 16 heavy (non-hydrogen) atoms. The minimum Gasteiger partial charge on any atom is -0.468 e. The molecule has 1 aliphatic carbocycles. The minimum absolute atomic E-state index is 0.126. The van der Waals surface area contributed by atoms with E-state index in [1.165, 1.54) is 26.4 Å². The number of esters is 1. The molecule has 2 atom stereocenters. The van der Waals surface area contributed by atoms with Crippen molar-refractivity contribution in [2.24, 2.45) is 5.92 Å². The molecule has 0 amide bonds. The molecular weight excluding hydrogens is 204 g/mol. The number of carbonyl (C=O) groups is 1. The summed E-state index contributed by atoms with van der Waals surface area (Å²) in [5.41, 5.74) is 0. The smallest absolute Gasteiger partial charge is 0.319 e. The molecule has 0 aromatic carbocycles. The Morgan fingerprint density at radius 1 is 1.38 bits per heavy atom. The Hall–Kier alpha value is -0.610. The van der Waals surface area contributed by atoms with Crippen LogP contribution in [-0.4, -0.2) is 49.7 Å². The topological polar surface area (TPSA) is 41.6 Å². The zero-order valence-corrected chi connectivity index (χ0v) is 10.2. The van der Waals surface area contributed by atoms with Gasteiger partial charge in [-0.05, 0) is 25.2 Å². The van der Waals surface area contributed by atoms with Gasteiger partial charge in [0.1, 0.15) is 0 Å². The Morgan fingerprint density at radius 3 is 2.75 bits per heavy atom. The van der Waals surface area contributed by atoms with Crippen LogP contribution in [0, 0.1) is 5.92 Å². The molecular formula is C12H22N2O2. The summed E-state index contributed by atoms with van der Waals surface area (Å²) in [7, 11) is 1.45. The molecule has 1 saturated carbocycles. The van der Waals surface area contributed by atoms with E-state index in [-0.39, 0.29) is 5.97 Å². The Kier molecular flexibility index (Phi) is 3.82. The van der Waals surface area contributed by atoms with Gasteiger partial charge >= 0.3 is 5.97 Å². The van der Waals surface area contributed by atoms with Gasteiger partial charge in [0.25, 0.3) is 0 Å². The highest BCUT2D eigenvalue weighted by atomic mass is 16.5. The number of hydrogen-bond acceptors (Lipinski definition) is 4. The molecule has 2 rings (SSSR count). The molecule has 4 nitrogen and oxygen atoms in total. The van der Waals surface area contributed by atoms with Gasteiger partial charge in [-0.25, -0.2) is 0 Å². The number of ether oxygens (including phenoxy) is 1. The molecule has 92 valence electrons. The number of methoxy groups -OCH3 is 1. The summed E-state index contributed by atoms with van der Waals surface area (Å²) >= 11 is 0. The second-order valence-electron chi connectivity index (χ2n) is 5.25. The normalized spacial score (nSPS) is 31.4. The highest BCUT2D eigenvalue weighted by Crippen LogP contribution is 2.23. The molecule has 1 saturated heterocycles. The molecule has 1 N–H and O–H groups in total. The third kappa shape index (κ3) is 3.46. The molecule has 2 aliphatic rings. The van der Waals surface area contributed by atoms with E-state index in [0.717, 1.165) is 19.1 Å². The van der Waals surface area contributed by atoms with Crippen molar-refractivity contribution < 1.29 is 9.53 Å². The average Bonchev–Trinajstić information content (AvgIpc) is 3.00. The van der Waals surface area contributed by atoms with E-state index in [0.29, 0.717) is 18.5 Å². The van der Waals surface area contributed by atoms with Crippen LogP contribution < -0.4 is 5.32 Å². The van der Waals surface area contributed by atoms with Crippen molar-refractivity contribution in [3.8, 4) is 0 Å². The van der Waals surface area contributed by atoms with Crippen LogP contribution >= 0.6 is 0 Å². The Balaban J connectivity index is 1.80. The first-order valence-electron chi connectivity index (χ1n) is 6.22. The van der Waals surface area contributed by atoms with Crippen LogP contribution in [-0.2, 0) is 9.53 Å². The van der Waals surface area contributed by atoms with E-state index in [4.69, 9.17) is 4.74 Å². The van der Waals surface area contributed by atoms with Crippen molar-refractivity contribution in [2.75, 3.05) is 26.7 Å². The van der Waals surface area contributed by atoms with Gasteiger partial charge in [-0.3, -0.25) is 9.69 Å². The van der Waals surface area contributed by atoms with Gasteiger partial charge in [0, 0.05) is 25.2 Å². The first kappa shape index (κ1) is 11.9. The molecule has 0 radical (unpaired) electrons. The third-order valence-electron chi connectivity index (χ3n) is 3.36. The predicted molar refractivity (Wildman–Crippen MR) is 62.2 cm³/mol. The number of likely N-dealkylation sites (tertiary alicyclic amines) is 1. The van der Waals surface area contributed by atoms with Gasteiger partial charge in [0.15, 0.2) is 0 Å². The van der Waals surface area contributed by atoms with Gasteiger partial charge in [0.2, 0.25) is 0 Å². The van der Waals surface area contributed by atoms with Crippen LogP contribution in [0.25, 0.3) is 0 Å². The lowest BCUT2D eigenvalue weighted by Gasteiger charge is -2.36. The highest BCUT2D eigenvalue weighted by molar-refractivity contribution is 5.71. The maximum Gasteiger partial charge on any atom is 0.319 e. The summed E-state index contributed by atoms with van der Waals surface area (Å²) in [6.45, 7) is 4.68.